The van der Waals surface area contributed by atoms with Gasteiger partial charge in [0.2, 0.25) is 10.0 Å². The summed E-state index contributed by atoms with van der Waals surface area (Å²) in [5, 5.41) is 0.487. The first-order valence-corrected chi connectivity index (χ1v) is 9.48. The van der Waals surface area contributed by atoms with Gasteiger partial charge in [-0.25, -0.2) is 13.1 Å². The summed E-state index contributed by atoms with van der Waals surface area (Å²) in [5.41, 5.74) is 0. The van der Waals surface area contributed by atoms with Gasteiger partial charge in [-0.15, -0.1) is 11.3 Å². The van der Waals surface area contributed by atoms with Gasteiger partial charge < -0.3 is 4.74 Å². The molecule has 0 atom stereocenters. The van der Waals surface area contributed by atoms with E-state index in [0.29, 0.717) is 11.4 Å². The first kappa shape index (κ1) is 17.9. The average Bonchev–Trinajstić information content (AvgIpc) is 2.94. The van der Waals surface area contributed by atoms with Crippen molar-refractivity contribution in [3.63, 3.8) is 0 Å². The Hall–Kier alpha value is -1.41. The van der Waals surface area contributed by atoms with E-state index in [1.54, 1.807) is 0 Å². The van der Waals surface area contributed by atoms with Crippen molar-refractivity contribution in [2.24, 2.45) is 0 Å². The number of methoxy groups -OCH3 is 1. The highest BCUT2D eigenvalue weighted by atomic mass is 35.5. The number of sulfonamides is 1. The Morgan fingerprint density at radius 3 is 2.48 bits per heavy atom. The number of benzene rings is 1. The normalized spacial score (nSPS) is 11.4. The number of hydrogen-bond acceptors (Lipinski definition) is 5. The largest absolute Gasteiger partial charge is 0.469 e. The van der Waals surface area contributed by atoms with Crippen LogP contribution in [0.1, 0.15) is 9.75 Å². The number of rotatable bonds is 7. The Balaban J connectivity index is 1.89. The van der Waals surface area contributed by atoms with E-state index >= 15 is 0 Å². The molecule has 124 valence electrons. The van der Waals surface area contributed by atoms with E-state index in [-0.39, 0.29) is 23.8 Å². The fourth-order valence-electron chi connectivity index (χ4n) is 1.87. The van der Waals surface area contributed by atoms with Crippen LogP contribution in [0.5, 0.6) is 0 Å². The third-order valence-electron chi connectivity index (χ3n) is 3.05. The van der Waals surface area contributed by atoms with Crippen LogP contribution in [0.2, 0.25) is 5.02 Å². The number of ether oxygens (including phenoxy) is 1. The van der Waals surface area contributed by atoms with Crippen LogP contribution in [0.3, 0.4) is 0 Å². The SMILES string of the molecule is COC(=O)Cc1ccc(CCNS(=O)(=O)c2ccc(Cl)cc2)s1. The molecule has 0 aliphatic rings. The van der Waals surface area contributed by atoms with Crippen molar-refractivity contribution in [1.29, 1.82) is 0 Å². The summed E-state index contributed by atoms with van der Waals surface area (Å²) in [6.07, 6.45) is 0.788. The first-order valence-electron chi connectivity index (χ1n) is 6.80. The van der Waals surface area contributed by atoms with E-state index in [0.717, 1.165) is 9.75 Å². The third-order valence-corrected chi connectivity index (χ3v) is 5.92. The standard InChI is InChI=1S/C15H16ClNO4S2/c1-21-15(18)10-13-5-4-12(22-13)8-9-17-23(19,20)14-6-2-11(16)3-7-14/h2-7,17H,8-10H2,1H3. The lowest BCUT2D eigenvalue weighted by atomic mass is 10.3. The Morgan fingerprint density at radius 2 is 1.83 bits per heavy atom. The molecule has 0 spiro atoms. The molecule has 1 aromatic heterocycles. The highest BCUT2D eigenvalue weighted by Crippen LogP contribution is 2.18. The Morgan fingerprint density at radius 1 is 1.17 bits per heavy atom. The second kappa shape index (κ2) is 7.92. The van der Waals surface area contributed by atoms with Gasteiger partial charge >= 0.3 is 5.97 Å². The lowest BCUT2D eigenvalue weighted by molar-refractivity contribution is -0.139. The van der Waals surface area contributed by atoms with Crippen LogP contribution in [-0.4, -0.2) is 28.0 Å². The van der Waals surface area contributed by atoms with Gasteiger partial charge in [0, 0.05) is 21.3 Å². The molecule has 0 aliphatic carbocycles. The topological polar surface area (TPSA) is 72.5 Å². The molecular weight excluding hydrogens is 358 g/mol. The van der Waals surface area contributed by atoms with Crippen molar-refractivity contribution < 1.29 is 17.9 Å². The fourth-order valence-corrected chi connectivity index (χ4v) is 4.03. The molecule has 0 fully saturated rings. The molecule has 0 aliphatic heterocycles. The van der Waals surface area contributed by atoms with E-state index in [1.165, 1.54) is 42.7 Å². The van der Waals surface area contributed by atoms with Crippen LogP contribution in [0.25, 0.3) is 0 Å². The highest BCUT2D eigenvalue weighted by molar-refractivity contribution is 7.89. The maximum absolute atomic E-state index is 12.1. The molecule has 0 unspecified atom stereocenters. The third kappa shape index (κ3) is 5.31. The molecular formula is C15H16ClNO4S2. The van der Waals surface area contributed by atoms with Crippen molar-refractivity contribution in [1.82, 2.24) is 4.72 Å². The molecule has 0 saturated heterocycles. The molecule has 0 bridgehead atoms. The van der Waals surface area contributed by atoms with Crippen LogP contribution >= 0.6 is 22.9 Å². The van der Waals surface area contributed by atoms with E-state index < -0.39 is 10.0 Å². The van der Waals surface area contributed by atoms with Gasteiger partial charge in [-0.1, -0.05) is 11.6 Å². The van der Waals surface area contributed by atoms with Crippen LogP contribution in [0.15, 0.2) is 41.3 Å². The molecule has 2 rings (SSSR count). The molecule has 8 heteroatoms. The van der Waals surface area contributed by atoms with Crippen molar-refractivity contribution in [2.45, 2.75) is 17.7 Å². The van der Waals surface area contributed by atoms with Gasteiger partial charge in [-0.3, -0.25) is 4.79 Å². The Bertz CT molecular complexity index is 769. The molecule has 0 amide bonds. The van der Waals surface area contributed by atoms with Gasteiger partial charge in [0.25, 0.3) is 0 Å². The molecule has 23 heavy (non-hydrogen) atoms. The highest BCUT2D eigenvalue weighted by Gasteiger charge is 2.13. The smallest absolute Gasteiger partial charge is 0.310 e. The fraction of sp³-hybridized carbons (Fsp3) is 0.267. The number of thiophene rings is 1. The predicted molar refractivity (Wildman–Crippen MR) is 90.4 cm³/mol. The Kier molecular flexibility index (Phi) is 6.17. The molecule has 1 heterocycles. The zero-order chi connectivity index (χ0) is 16.9. The summed E-state index contributed by atoms with van der Waals surface area (Å²) in [6, 6.07) is 9.74. The maximum Gasteiger partial charge on any atom is 0.310 e. The molecule has 1 aromatic carbocycles. The zero-order valence-electron chi connectivity index (χ0n) is 12.4. The van der Waals surface area contributed by atoms with E-state index in [1.807, 2.05) is 12.1 Å². The number of hydrogen-bond donors (Lipinski definition) is 1. The van der Waals surface area contributed by atoms with E-state index in [4.69, 9.17) is 11.6 Å². The van der Waals surface area contributed by atoms with E-state index in [2.05, 4.69) is 9.46 Å². The number of halogens is 1. The van der Waals surface area contributed by atoms with E-state index in [9.17, 15) is 13.2 Å². The monoisotopic (exact) mass is 373 g/mol. The summed E-state index contributed by atoms with van der Waals surface area (Å²) in [7, 11) is -2.19. The van der Waals surface area contributed by atoms with Gasteiger partial charge in [-0.2, -0.15) is 0 Å². The lowest BCUT2D eigenvalue weighted by Crippen LogP contribution is -2.25. The van der Waals surface area contributed by atoms with Crippen molar-refractivity contribution >= 4 is 38.9 Å². The summed E-state index contributed by atoms with van der Waals surface area (Å²) in [5.74, 6) is -0.290. The summed E-state index contributed by atoms with van der Waals surface area (Å²) >= 11 is 7.22. The van der Waals surface area contributed by atoms with Gasteiger partial charge in [0.05, 0.1) is 18.4 Å². The minimum Gasteiger partial charge on any atom is -0.469 e. The number of nitrogens with one attached hydrogen (secondary N) is 1. The minimum absolute atomic E-state index is 0.180. The molecule has 5 nitrogen and oxygen atoms in total. The van der Waals surface area contributed by atoms with Crippen molar-refractivity contribution in [3.8, 4) is 0 Å². The second-order valence-corrected chi connectivity index (χ2v) is 8.18. The average molecular weight is 374 g/mol. The predicted octanol–water partition coefficient (Wildman–Crippen LogP) is 2.64. The van der Waals surface area contributed by atoms with Crippen LogP contribution < -0.4 is 4.72 Å². The first-order chi connectivity index (χ1) is 10.9. The van der Waals surface area contributed by atoms with Gasteiger partial charge in [0.15, 0.2) is 0 Å². The van der Waals surface area contributed by atoms with Gasteiger partial charge in [-0.05, 0) is 42.8 Å². The Labute approximate surface area is 144 Å². The summed E-state index contributed by atoms with van der Waals surface area (Å²) in [6.45, 7) is 0.281. The van der Waals surface area contributed by atoms with Crippen molar-refractivity contribution in [2.75, 3.05) is 13.7 Å². The minimum atomic E-state index is -3.54. The molecule has 1 N–H and O–H groups in total. The number of carbonyl (C=O) groups is 1. The molecule has 0 radical (unpaired) electrons. The van der Waals surface area contributed by atoms with Crippen molar-refractivity contribution in [3.05, 3.63) is 51.2 Å². The maximum atomic E-state index is 12.1. The quantitative estimate of drug-likeness (QED) is 0.757. The summed E-state index contributed by atoms with van der Waals surface area (Å²) in [4.78, 5) is 13.3. The van der Waals surface area contributed by atoms with Crippen LogP contribution in [-0.2, 0) is 32.4 Å². The number of esters is 1. The van der Waals surface area contributed by atoms with Crippen LogP contribution in [0.4, 0.5) is 0 Å². The summed E-state index contributed by atoms with van der Waals surface area (Å²) < 4.78 is 31.4. The lowest BCUT2D eigenvalue weighted by Gasteiger charge is -2.06. The second-order valence-electron chi connectivity index (χ2n) is 4.72. The molecule has 2 aromatic rings. The van der Waals surface area contributed by atoms with Crippen LogP contribution in [0, 0.1) is 0 Å². The van der Waals surface area contributed by atoms with Gasteiger partial charge in [0.1, 0.15) is 0 Å². The molecule has 0 saturated carbocycles. The zero-order valence-corrected chi connectivity index (χ0v) is 14.8. The number of carbonyl (C=O) groups excluding carboxylic acids is 1.